The third kappa shape index (κ3) is 6.14. The number of rotatable bonds is 7. The van der Waals surface area contributed by atoms with Crippen molar-refractivity contribution in [2.75, 3.05) is 26.2 Å². The molecule has 1 aromatic rings. The number of aryl methyl sites for hydroxylation is 1. The Balaban J connectivity index is 1.55. The molecule has 4 heteroatoms. The number of halogens is 1. The number of nitrogens with zero attached hydrogens (tertiary/aromatic N) is 1. The highest BCUT2D eigenvalue weighted by Crippen LogP contribution is 2.15. The topological polar surface area (TPSA) is 32.3 Å². The highest BCUT2D eigenvalue weighted by Gasteiger charge is 2.15. The minimum absolute atomic E-state index is 0.0799. The van der Waals surface area contributed by atoms with E-state index in [0.29, 0.717) is 12.8 Å². The Hall–Kier alpha value is -1.42. The molecular weight excluding hydrogens is 279 g/mol. The molecule has 1 aliphatic heterocycles. The largest absolute Gasteiger partial charge is 0.356 e. The lowest BCUT2D eigenvalue weighted by Crippen LogP contribution is -2.36. The number of nitrogens with one attached hydrogen (secondary N) is 1. The zero-order valence-corrected chi connectivity index (χ0v) is 13.5. The highest BCUT2D eigenvalue weighted by molar-refractivity contribution is 5.76. The summed E-state index contributed by atoms with van der Waals surface area (Å²) in [6.07, 6.45) is 4.78. The average molecular weight is 306 g/mol. The monoisotopic (exact) mass is 306 g/mol. The van der Waals surface area contributed by atoms with Gasteiger partial charge in [-0.2, -0.15) is 0 Å². The van der Waals surface area contributed by atoms with Gasteiger partial charge in [-0.1, -0.05) is 19.1 Å². The molecule has 122 valence electrons. The highest BCUT2D eigenvalue weighted by atomic mass is 19.1. The predicted octanol–water partition coefficient (Wildman–Crippen LogP) is 3.00. The van der Waals surface area contributed by atoms with E-state index in [-0.39, 0.29) is 11.7 Å². The van der Waals surface area contributed by atoms with Crippen molar-refractivity contribution >= 4 is 5.91 Å². The summed E-state index contributed by atoms with van der Waals surface area (Å²) >= 11 is 0. The van der Waals surface area contributed by atoms with E-state index in [1.54, 1.807) is 12.1 Å². The van der Waals surface area contributed by atoms with Gasteiger partial charge in [0.2, 0.25) is 5.91 Å². The van der Waals surface area contributed by atoms with E-state index in [9.17, 15) is 9.18 Å². The molecule has 0 aromatic heterocycles. The molecule has 1 atom stereocenters. The van der Waals surface area contributed by atoms with Gasteiger partial charge < -0.3 is 10.2 Å². The van der Waals surface area contributed by atoms with Gasteiger partial charge in [-0.3, -0.25) is 4.79 Å². The van der Waals surface area contributed by atoms with Gasteiger partial charge in [-0.25, -0.2) is 4.39 Å². The molecular formula is C18H27FN2O. The van der Waals surface area contributed by atoms with Crippen LogP contribution in [0.25, 0.3) is 0 Å². The summed E-state index contributed by atoms with van der Waals surface area (Å²) in [6.45, 7) is 6.51. The minimum atomic E-state index is -0.236. The second-order valence-corrected chi connectivity index (χ2v) is 6.38. The van der Waals surface area contributed by atoms with Crippen LogP contribution in [0.4, 0.5) is 4.39 Å². The van der Waals surface area contributed by atoms with Gasteiger partial charge in [-0.05, 0) is 62.4 Å². The summed E-state index contributed by atoms with van der Waals surface area (Å²) in [4.78, 5) is 14.3. The van der Waals surface area contributed by atoms with E-state index in [0.717, 1.165) is 31.0 Å². The SMILES string of the molecule is CC1CCCN(CCCNC(=O)CCc2ccc(F)cc2)C1. The second kappa shape index (κ2) is 8.89. The fourth-order valence-electron chi connectivity index (χ4n) is 3.02. The number of benzene rings is 1. The van der Waals surface area contributed by atoms with E-state index in [1.807, 2.05) is 0 Å². The zero-order chi connectivity index (χ0) is 15.8. The molecule has 1 unspecified atom stereocenters. The average Bonchev–Trinajstić information content (AvgIpc) is 2.51. The van der Waals surface area contributed by atoms with Gasteiger partial charge in [0.15, 0.2) is 0 Å². The quantitative estimate of drug-likeness (QED) is 0.786. The maximum absolute atomic E-state index is 12.8. The zero-order valence-electron chi connectivity index (χ0n) is 13.5. The Kier molecular flexibility index (Phi) is 6.84. The molecule has 1 fully saturated rings. The molecule has 22 heavy (non-hydrogen) atoms. The van der Waals surface area contributed by atoms with Gasteiger partial charge in [0.05, 0.1) is 0 Å². The van der Waals surface area contributed by atoms with Gasteiger partial charge in [-0.15, -0.1) is 0 Å². The lowest BCUT2D eigenvalue weighted by Gasteiger charge is -2.30. The van der Waals surface area contributed by atoms with Crippen molar-refractivity contribution in [1.29, 1.82) is 0 Å². The first-order valence-electron chi connectivity index (χ1n) is 8.37. The number of hydrogen-bond acceptors (Lipinski definition) is 2. The van der Waals surface area contributed by atoms with Crippen LogP contribution in [-0.2, 0) is 11.2 Å². The van der Waals surface area contributed by atoms with Crippen LogP contribution in [0.3, 0.4) is 0 Å². The summed E-state index contributed by atoms with van der Waals surface area (Å²) in [6, 6.07) is 6.35. The molecule has 3 nitrogen and oxygen atoms in total. The molecule has 0 bridgehead atoms. The third-order valence-corrected chi connectivity index (χ3v) is 4.27. The molecule has 0 radical (unpaired) electrons. The fourth-order valence-corrected chi connectivity index (χ4v) is 3.02. The van der Waals surface area contributed by atoms with Crippen molar-refractivity contribution in [3.05, 3.63) is 35.6 Å². The smallest absolute Gasteiger partial charge is 0.220 e. The van der Waals surface area contributed by atoms with Gasteiger partial charge in [0.1, 0.15) is 5.82 Å². The van der Waals surface area contributed by atoms with Crippen LogP contribution in [0.2, 0.25) is 0 Å². The van der Waals surface area contributed by atoms with Crippen molar-refractivity contribution in [2.24, 2.45) is 5.92 Å². The number of carbonyl (C=O) groups excluding carboxylic acids is 1. The number of carbonyl (C=O) groups is 1. The Morgan fingerprint density at radius 1 is 1.36 bits per heavy atom. The van der Waals surface area contributed by atoms with Crippen LogP contribution in [-0.4, -0.2) is 37.0 Å². The van der Waals surface area contributed by atoms with E-state index in [1.165, 1.54) is 38.1 Å². The molecule has 1 N–H and O–H groups in total. The fraction of sp³-hybridized carbons (Fsp3) is 0.611. The van der Waals surface area contributed by atoms with Crippen LogP contribution in [0.15, 0.2) is 24.3 Å². The maximum Gasteiger partial charge on any atom is 0.220 e. The Morgan fingerprint density at radius 3 is 2.86 bits per heavy atom. The first kappa shape index (κ1) is 16.9. The number of likely N-dealkylation sites (tertiary alicyclic amines) is 1. The van der Waals surface area contributed by atoms with Gasteiger partial charge in [0, 0.05) is 19.5 Å². The normalized spacial score (nSPS) is 19.1. The Morgan fingerprint density at radius 2 is 2.14 bits per heavy atom. The van der Waals surface area contributed by atoms with Gasteiger partial charge in [0.25, 0.3) is 0 Å². The molecule has 1 saturated heterocycles. The van der Waals surface area contributed by atoms with Gasteiger partial charge >= 0.3 is 0 Å². The lowest BCUT2D eigenvalue weighted by atomic mass is 10.0. The number of piperidine rings is 1. The van der Waals surface area contributed by atoms with Crippen LogP contribution in [0.1, 0.15) is 38.2 Å². The van der Waals surface area contributed by atoms with Crippen LogP contribution >= 0.6 is 0 Å². The molecule has 1 amide bonds. The predicted molar refractivity (Wildman–Crippen MR) is 87.2 cm³/mol. The molecule has 1 aromatic carbocycles. The summed E-state index contributed by atoms with van der Waals surface area (Å²) in [5, 5.41) is 2.98. The van der Waals surface area contributed by atoms with E-state index < -0.39 is 0 Å². The van der Waals surface area contributed by atoms with Crippen molar-refractivity contribution in [3.63, 3.8) is 0 Å². The van der Waals surface area contributed by atoms with E-state index in [2.05, 4.69) is 17.1 Å². The molecule has 0 aliphatic carbocycles. The molecule has 1 aliphatic rings. The summed E-state index contributed by atoms with van der Waals surface area (Å²) < 4.78 is 12.8. The molecule has 1 heterocycles. The number of hydrogen-bond donors (Lipinski definition) is 1. The first-order chi connectivity index (χ1) is 10.6. The second-order valence-electron chi connectivity index (χ2n) is 6.38. The molecule has 0 saturated carbocycles. The van der Waals surface area contributed by atoms with Crippen molar-refractivity contribution in [3.8, 4) is 0 Å². The van der Waals surface area contributed by atoms with E-state index >= 15 is 0 Å². The van der Waals surface area contributed by atoms with Crippen LogP contribution in [0, 0.1) is 11.7 Å². The molecule has 0 spiro atoms. The minimum Gasteiger partial charge on any atom is -0.356 e. The van der Waals surface area contributed by atoms with Crippen LogP contribution in [0.5, 0.6) is 0 Å². The van der Waals surface area contributed by atoms with Crippen molar-refractivity contribution in [2.45, 2.75) is 39.0 Å². The summed E-state index contributed by atoms with van der Waals surface area (Å²) in [5.41, 5.74) is 0.999. The Bertz CT molecular complexity index is 461. The van der Waals surface area contributed by atoms with Crippen molar-refractivity contribution < 1.29 is 9.18 Å². The first-order valence-corrected chi connectivity index (χ1v) is 8.37. The Labute approximate surface area is 132 Å². The summed E-state index contributed by atoms with van der Waals surface area (Å²) in [7, 11) is 0. The van der Waals surface area contributed by atoms with E-state index in [4.69, 9.17) is 0 Å². The standard InChI is InChI=1S/C18H27FN2O/c1-15-4-2-12-21(14-15)13-3-11-20-18(22)10-7-16-5-8-17(19)9-6-16/h5-6,8-9,15H,2-4,7,10-14H2,1H3,(H,20,22). The van der Waals surface area contributed by atoms with Crippen LogP contribution < -0.4 is 5.32 Å². The maximum atomic E-state index is 12.8. The third-order valence-electron chi connectivity index (χ3n) is 4.27. The lowest BCUT2D eigenvalue weighted by molar-refractivity contribution is -0.121. The summed E-state index contributed by atoms with van der Waals surface area (Å²) in [5.74, 6) is 0.649. The molecule has 2 rings (SSSR count). The van der Waals surface area contributed by atoms with Crippen molar-refractivity contribution in [1.82, 2.24) is 10.2 Å². The number of amides is 1.